The average molecular weight is 974 g/mol. The number of nitrogens with zero attached hydrogens (tertiary/aromatic N) is 3. The molecule has 5 aromatic rings. The maximum Gasteiger partial charge on any atom is 0.349 e. The van der Waals surface area contributed by atoms with E-state index >= 15 is 0 Å². The number of hydrogen-bond donors (Lipinski definition) is 5. The van der Waals surface area contributed by atoms with Gasteiger partial charge in [0.05, 0.1) is 27.7 Å². The summed E-state index contributed by atoms with van der Waals surface area (Å²) in [6.45, 7) is 7.32. The molecule has 2 aromatic heterocycles. The van der Waals surface area contributed by atoms with Crippen LogP contribution in [0.25, 0.3) is 21.5 Å². The predicted octanol–water partition coefficient (Wildman–Crippen LogP) is 7.95. The quantitative estimate of drug-likeness (QED) is 0.0719. The van der Waals surface area contributed by atoms with Crippen molar-refractivity contribution in [2.24, 2.45) is 13.0 Å². The largest absolute Gasteiger partial charge is 0.479 e. The number of anilines is 2. The van der Waals surface area contributed by atoms with Gasteiger partial charge in [-0.15, -0.1) is 11.3 Å². The van der Waals surface area contributed by atoms with Crippen molar-refractivity contribution in [2.45, 2.75) is 94.5 Å². The summed E-state index contributed by atoms with van der Waals surface area (Å²) in [5.74, 6) is -3.19. The van der Waals surface area contributed by atoms with Gasteiger partial charge in [-0.25, -0.2) is 22.8 Å². The van der Waals surface area contributed by atoms with Crippen molar-refractivity contribution in [2.75, 3.05) is 23.8 Å². The summed E-state index contributed by atoms with van der Waals surface area (Å²) in [5.41, 5.74) is 4.72. The smallest absolute Gasteiger partial charge is 0.349 e. The molecule has 5 N–H and O–H groups in total. The van der Waals surface area contributed by atoms with Crippen molar-refractivity contribution >= 4 is 79.1 Å². The lowest BCUT2D eigenvalue weighted by Gasteiger charge is -2.45. The van der Waals surface area contributed by atoms with Gasteiger partial charge in [-0.2, -0.15) is 4.31 Å². The summed E-state index contributed by atoms with van der Waals surface area (Å²) in [7, 11) is -2.04. The van der Waals surface area contributed by atoms with E-state index in [0.29, 0.717) is 65.9 Å². The minimum Gasteiger partial charge on any atom is -0.479 e. The molecule has 2 atom stereocenters. The summed E-state index contributed by atoms with van der Waals surface area (Å²) in [6.07, 6.45) is 4.79. The Morgan fingerprint density at radius 3 is 2.39 bits per heavy atom. The van der Waals surface area contributed by atoms with Gasteiger partial charge >= 0.3 is 17.6 Å². The summed E-state index contributed by atoms with van der Waals surface area (Å²) >= 11 is 7.41. The van der Waals surface area contributed by atoms with Gasteiger partial charge in [0, 0.05) is 54.6 Å². The number of allylic oxidation sites excluding steroid dienone is 1. The Bertz CT molecular complexity index is 2970. The van der Waals surface area contributed by atoms with Crippen molar-refractivity contribution in [3.63, 3.8) is 0 Å². The first-order chi connectivity index (χ1) is 31.8. The number of carboxylic acid groups (broad SMARTS) is 2. The van der Waals surface area contributed by atoms with Gasteiger partial charge < -0.3 is 30.9 Å². The molecule has 3 aromatic carbocycles. The number of benzene rings is 3. The molecule has 1 unspecified atom stereocenters. The Kier molecular flexibility index (Phi) is 13.5. The second-order valence-corrected chi connectivity index (χ2v) is 21.6. The van der Waals surface area contributed by atoms with Crippen LogP contribution in [0.1, 0.15) is 98.0 Å². The number of carbonyl (C=O) groups is 4. The molecule has 0 bridgehead atoms. The molecule has 3 fully saturated rings. The molecular formula is C48H53ClN6O10S2. The van der Waals surface area contributed by atoms with Crippen molar-refractivity contribution in [3.05, 3.63) is 111 Å². The third-order valence-electron chi connectivity index (χ3n) is 13.2. The molecule has 16 nitrogen and oxygen atoms in total. The Morgan fingerprint density at radius 2 is 1.69 bits per heavy atom. The zero-order valence-corrected chi connectivity index (χ0v) is 39.7. The minimum atomic E-state index is -3.79. The summed E-state index contributed by atoms with van der Waals surface area (Å²) in [4.78, 5) is 62.1. The number of amides is 2. The summed E-state index contributed by atoms with van der Waals surface area (Å²) in [6, 6.07) is 19.9. The molecule has 4 heterocycles. The molecule has 3 aliphatic rings. The minimum absolute atomic E-state index is 0.00336. The van der Waals surface area contributed by atoms with Crippen LogP contribution < -0.4 is 26.4 Å². The van der Waals surface area contributed by atoms with Crippen molar-refractivity contribution in [1.82, 2.24) is 18.8 Å². The van der Waals surface area contributed by atoms with Gasteiger partial charge in [0.15, 0.2) is 17.2 Å². The van der Waals surface area contributed by atoms with Crippen LogP contribution in [0.3, 0.4) is 0 Å². The highest BCUT2D eigenvalue weighted by atomic mass is 35.5. The number of aromatic carboxylic acids is 1. The van der Waals surface area contributed by atoms with E-state index in [4.69, 9.17) is 21.4 Å². The van der Waals surface area contributed by atoms with Gasteiger partial charge in [0.2, 0.25) is 21.8 Å². The number of carboxylic acids is 2. The van der Waals surface area contributed by atoms with E-state index in [0.717, 1.165) is 46.5 Å². The lowest BCUT2D eigenvalue weighted by Crippen LogP contribution is -2.55. The summed E-state index contributed by atoms with van der Waals surface area (Å²) < 4.78 is 38.2. The molecule has 2 aliphatic heterocycles. The number of nitrogens with one attached hydrogen (secondary N) is 3. The van der Waals surface area contributed by atoms with E-state index in [1.54, 1.807) is 56.9 Å². The molecular weight excluding hydrogens is 920 g/mol. The first kappa shape index (κ1) is 47.5. The van der Waals surface area contributed by atoms with Crippen LogP contribution in [0.5, 0.6) is 5.75 Å². The van der Waals surface area contributed by atoms with E-state index in [9.17, 15) is 37.5 Å². The third-order valence-corrected chi connectivity index (χ3v) is 16.9. The molecule has 2 saturated heterocycles. The van der Waals surface area contributed by atoms with Crippen molar-refractivity contribution in [3.8, 4) is 16.2 Å². The molecule has 8 rings (SSSR count). The zero-order valence-electron chi connectivity index (χ0n) is 37.3. The molecule has 354 valence electrons. The molecule has 1 aliphatic carbocycles. The van der Waals surface area contributed by atoms with Gasteiger partial charge in [-0.1, -0.05) is 48.5 Å². The highest BCUT2D eigenvalue weighted by molar-refractivity contribution is 7.88. The first-order valence-electron chi connectivity index (χ1n) is 22.2. The average Bonchev–Trinajstić information content (AvgIpc) is 3.73. The first-order valence-corrected chi connectivity index (χ1v) is 25.0. The number of carbonyl (C=O) groups excluding carboxylic acids is 2. The van der Waals surface area contributed by atoms with E-state index in [2.05, 4.69) is 34.7 Å². The number of fused-ring (bicyclic) bond motifs is 1. The Morgan fingerprint density at radius 1 is 0.955 bits per heavy atom. The Hall–Kier alpha value is -5.95. The zero-order chi connectivity index (χ0) is 47.9. The standard InChI is InChI=1S/C48H53ClN6O10S2/c1-27-36(17-18-39(56)50-27)55-37-16-15-31(23-38(37)53(4)47(55)62)29-11-13-30(14-12-29)45(59)52-33-9-5-7-28(21-33)26-67(63,64)54-20-19-35(24-48(54,2)3)51-34-10-6-8-32(22-34)43-41(49)42(65-25-40(57)58)44(66-43)46(60)61/h5-10,15-16,21-23,29-30,35-36,51H,1,11-14,17-20,24-26H2,2-4H3,(H,50,56)(H,52,59)(H,57,58)(H,60,61)/t29?,30?,35-,36?/m0/s1. The molecule has 19 heteroatoms. The van der Waals surface area contributed by atoms with Crippen molar-refractivity contribution < 1.29 is 42.5 Å². The van der Waals surface area contributed by atoms with Crippen LogP contribution in [0, 0.1) is 5.92 Å². The highest BCUT2D eigenvalue weighted by Crippen LogP contribution is 2.46. The van der Waals surface area contributed by atoms with Crippen LogP contribution in [0.15, 0.2) is 83.8 Å². The predicted molar refractivity (Wildman–Crippen MR) is 257 cm³/mol. The third kappa shape index (κ3) is 10.0. The van der Waals surface area contributed by atoms with E-state index in [1.165, 1.54) is 0 Å². The van der Waals surface area contributed by atoms with Crippen molar-refractivity contribution in [1.29, 1.82) is 0 Å². The van der Waals surface area contributed by atoms with Crippen LogP contribution >= 0.6 is 22.9 Å². The number of sulfonamides is 1. The number of imidazole rings is 1. The van der Waals surface area contributed by atoms with Crippen LogP contribution in [-0.2, 0) is 37.2 Å². The monoisotopic (exact) mass is 972 g/mol. The maximum atomic E-state index is 14.1. The number of ether oxygens (including phenoxy) is 1. The number of rotatable bonds is 14. The van der Waals surface area contributed by atoms with Gasteiger partial charge in [-0.3, -0.25) is 18.7 Å². The lowest BCUT2D eigenvalue weighted by atomic mass is 9.78. The molecule has 0 spiro atoms. The number of halogens is 1. The van der Waals surface area contributed by atoms with E-state index in [1.807, 2.05) is 32.0 Å². The van der Waals surface area contributed by atoms with Gasteiger partial charge in [0.25, 0.3) is 0 Å². The molecule has 0 radical (unpaired) electrons. The molecule has 2 amide bonds. The maximum absolute atomic E-state index is 14.1. The fraction of sp³-hybridized carbons (Fsp3) is 0.396. The number of piperidine rings is 2. The SMILES string of the molecule is C=C1NC(=O)CCC1n1c(=O)n(C)c2cc(C3CCC(C(=O)Nc4cccc(CS(=O)(=O)N5CC[C@H](Nc6cccc(-c7sc(C(=O)O)c(OCC(=O)O)c7Cl)c6)CC5(C)C)c4)CC3)ccc21. The second kappa shape index (κ2) is 19.0. The van der Waals surface area contributed by atoms with Crippen LogP contribution in [0.4, 0.5) is 11.4 Å². The van der Waals surface area contributed by atoms with Gasteiger partial charge in [-0.05, 0) is 118 Å². The second-order valence-electron chi connectivity index (χ2n) is 18.3. The highest BCUT2D eigenvalue weighted by Gasteiger charge is 2.42. The molecule has 1 saturated carbocycles. The number of aliphatic carboxylic acids is 1. The Labute approximate surface area is 396 Å². The summed E-state index contributed by atoms with van der Waals surface area (Å²) in [5, 5.41) is 28.1. The van der Waals surface area contributed by atoms with Gasteiger partial charge in [0.1, 0.15) is 5.02 Å². The number of thiophene rings is 1. The molecule has 67 heavy (non-hydrogen) atoms. The van der Waals surface area contributed by atoms with E-state index < -0.39 is 34.1 Å². The number of aromatic nitrogens is 2. The normalized spacial score (nSPS) is 21.1. The number of aryl methyl sites for hydroxylation is 1. The topological polar surface area (TPSA) is 218 Å². The Balaban J connectivity index is 0.858. The van der Waals surface area contributed by atoms with E-state index in [-0.39, 0.29) is 69.4 Å². The van der Waals surface area contributed by atoms with Crippen LogP contribution in [-0.4, -0.2) is 80.6 Å². The van der Waals surface area contributed by atoms with Crippen LogP contribution in [0.2, 0.25) is 5.02 Å². The lowest BCUT2D eigenvalue weighted by molar-refractivity contribution is -0.139. The fourth-order valence-corrected chi connectivity index (χ4v) is 13.3. The number of hydrogen-bond acceptors (Lipinski definition) is 10. The fourth-order valence-electron chi connectivity index (χ4n) is 9.94.